The van der Waals surface area contributed by atoms with Gasteiger partial charge in [0.15, 0.2) is 11.0 Å². The number of nitrogens with one attached hydrogen (secondary N) is 1. The number of hydrogen-bond acceptors (Lipinski definition) is 5. The van der Waals surface area contributed by atoms with Gasteiger partial charge in [0.05, 0.1) is 10.8 Å². The highest BCUT2D eigenvalue weighted by atomic mass is 35.5. The van der Waals surface area contributed by atoms with Crippen molar-refractivity contribution in [2.75, 3.05) is 11.1 Å². The second-order valence-corrected chi connectivity index (χ2v) is 7.31. The molecule has 3 aromatic rings. The molecule has 0 fully saturated rings. The third kappa shape index (κ3) is 5.04. The van der Waals surface area contributed by atoms with E-state index in [2.05, 4.69) is 22.1 Å². The van der Waals surface area contributed by atoms with E-state index in [4.69, 9.17) is 17.3 Å². The number of allylic oxidation sites excluding steroid dienone is 1. The van der Waals surface area contributed by atoms with Crippen molar-refractivity contribution in [2.24, 2.45) is 5.73 Å². The topological polar surface area (TPSA) is 103 Å². The summed E-state index contributed by atoms with van der Waals surface area (Å²) in [7, 11) is 0. The van der Waals surface area contributed by atoms with Gasteiger partial charge in [-0.3, -0.25) is 14.2 Å². The summed E-state index contributed by atoms with van der Waals surface area (Å²) in [5, 5.41) is 12.4. The number of aromatic nitrogens is 3. The largest absolute Gasteiger partial charge is 0.366 e. The van der Waals surface area contributed by atoms with Crippen molar-refractivity contribution < 1.29 is 9.59 Å². The molecular weight excluding hydrogens is 410 g/mol. The van der Waals surface area contributed by atoms with Crippen LogP contribution in [0.5, 0.6) is 0 Å². The summed E-state index contributed by atoms with van der Waals surface area (Å²) >= 11 is 7.54. The third-order valence-corrected chi connectivity index (χ3v) is 5.23. The van der Waals surface area contributed by atoms with Crippen LogP contribution in [0.25, 0.3) is 11.4 Å². The van der Waals surface area contributed by atoms with E-state index in [9.17, 15) is 9.59 Å². The molecule has 7 nitrogen and oxygen atoms in total. The molecule has 0 radical (unpaired) electrons. The average Bonchev–Trinajstić information content (AvgIpc) is 3.10. The molecule has 0 atom stereocenters. The fraction of sp³-hybridized carbons (Fsp3) is 0.100. The average molecular weight is 428 g/mol. The Labute approximate surface area is 177 Å². The van der Waals surface area contributed by atoms with Crippen LogP contribution < -0.4 is 11.1 Å². The molecule has 0 aliphatic rings. The van der Waals surface area contributed by atoms with Gasteiger partial charge in [0.1, 0.15) is 0 Å². The third-order valence-electron chi connectivity index (χ3n) is 3.93. The lowest BCUT2D eigenvalue weighted by Crippen LogP contribution is -2.15. The smallest absolute Gasteiger partial charge is 0.248 e. The van der Waals surface area contributed by atoms with Gasteiger partial charge in [-0.2, -0.15) is 0 Å². The summed E-state index contributed by atoms with van der Waals surface area (Å²) in [6, 6.07) is 13.7. The molecular formula is C20H18ClN5O2S. The van der Waals surface area contributed by atoms with E-state index < -0.39 is 5.91 Å². The molecule has 0 spiro atoms. The summed E-state index contributed by atoms with van der Waals surface area (Å²) in [6.07, 6.45) is 1.73. The van der Waals surface area contributed by atoms with E-state index in [1.165, 1.54) is 11.8 Å². The molecule has 0 saturated heterocycles. The Morgan fingerprint density at radius 2 is 1.90 bits per heavy atom. The zero-order chi connectivity index (χ0) is 20.8. The molecule has 3 rings (SSSR count). The molecule has 2 amide bonds. The van der Waals surface area contributed by atoms with Crippen LogP contribution in [-0.4, -0.2) is 32.3 Å². The first kappa shape index (κ1) is 20.6. The lowest BCUT2D eigenvalue weighted by atomic mass is 10.2. The second kappa shape index (κ2) is 9.40. The van der Waals surface area contributed by atoms with Gasteiger partial charge in [0, 0.05) is 23.4 Å². The van der Waals surface area contributed by atoms with Crippen molar-refractivity contribution in [2.45, 2.75) is 11.7 Å². The molecule has 0 aliphatic heterocycles. The van der Waals surface area contributed by atoms with Crippen molar-refractivity contribution in [3.8, 4) is 11.4 Å². The number of primary amides is 1. The van der Waals surface area contributed by atoms with Gasteiger partial charge >= 0.3 is 0 Å². The quantitative estimate of drug-likeness (QED) is 0.422. The second-order valence-electron chi connectivity index (χ2n) is 5.96. The minimum atomic E-state index is -0.519. The van der Waals surface area contributed by atoms with Crippen molar-refractivity contribution in [3.63, 3.8) is 0 Å². The number of nitrogens with two attached hydrogens (primary N) is 1. The first-order valence-electron chi connectivity index (χ1n) is 8.61. The molecule has 0 bridgehead atoms. The molecule has 0 saturated carbocycles. The number of carbonyl (C=O) groups excluding carboxylic acids is 2. The lowest BCUT2D eigenvalue weighted by molar-refractivity contribution is -0.113. The summed E-state index contributed by atoms with van der Waals surface area (Å²) < 4.78 is 1.85. The van der Waals surface area contributed by atoms with Gasteiger partial charge in [-0.25, -0.2) is 0 Å². The maximum Gasteiger partial charge on any atom is 0.248 e. The van der Waals surface area contributed by atoms with Crippen LogP contribution in [0.15, 0.2) is 66.3 Å². The van der Waals surface area contributed by atoms with E-state index in [0.29, 0.717) is 33.8 Å². The van der Waals surface area contributed by atoms with Crippen LogP contribution in [0.3, 0.4) is 0 Å². The van der Waals surface area contributed by atoms with Gasteiger partial charge in [-0.1, -0.05) is 41.6 Å². The zero-order valence-corrected chi connectivity index (χ0v) is 16.9. The van der Waals surface area contributed by atoms with E-state index >= 15 is 0 Å². The number of hydrogen-bond donors (Lipinski definition) is 2. The Balaban J connectivity index is 1.70. The predicted octanol–water partition coefficient (Wildman–Crippen LogP) is 3.61. The van der Waals surface area contributed by atoms with Crippen LogP contribution >= 0.6 is 23.4 Å². The Morgan fingerprint density at radius 3 is 2.55 bits per heavy atom. The van der Waals surface area contributed by atoms with E-state index in [1.807, 2.05) is 22.8 Å². The fourth-order valence-corrected chi connectivity index (χ4v) is 3.54. The minimum absolute atomic E-state index is 0.134. The van der Waals surface area contributed by atoms with Crippen molar-refractivity contribution >= 4 is 40.9 Å². The molecule has 9 heteroatoms. The van der Waals surface area contributed by atoms with Gasteiger partial charge in [0.25, 0.3) is 0 Å². The summed E-state index contributed by atoms with van der Waals surface area (Å²) in [5.74, 6) is 0.0130. The maximum absolute atomic E-state index is 12.3. The van der Waals surface area contributed by atoms with Gasteiger partial charge < -0.3 is 11.1 Å². The molecule has 0 unspecified atom stereocenters. The summed E-state index contributed by atoms with van der Waals surface area (Å²) in [6.45, 7) is 4.25. The molecule has 148 valence electrons. The van der Waals surface area contributed by atoms with Crippen molar-refractivity contribution in [1.82, 2.24) is 14.8 Å². The Bertz CT molecular complexity index is 1050. The Morgan fingerprint density at radius 1 is 1.17 bits per heavy atom. The highest BCUT2D eigenvalue weighted by Gasteiger charge is 2.16. The first-order valence-corrected chi connectivity index (χ1v) is 9.97. The zero-order valence-electron chi connectivity index (χ0n) is 15.3. The number of rotatable bonds is 8. The van der Waals surface area contributed by atoms with E-state index in [0.717, 1.165) is 5.56 Å². The molecule has 1 heterocycles. The normalized spacial score (nSPS) is 10.5. The Hall–Kier alpha value is -3.10. The molecule has 0 aliphatic carbocycles. The van der Waals surface area contributed by atoms with Crippen LogP contribution in [0.4, 0.5) is 5.69 Å². The predicted molar refractivity (Wildman–Crippen MR) is 115 cm³/mol. The van der Waals surface area contributed by atoms with E-state index in [1.54, 1.807) is 36.4 Å². The minimum Gasteiger partial charge on any atom is -0.366 e. The first-order chi connectivity index (χ1) is 14.0. The number of nitrogens with zero attached hydrogens (tertiary/aromatic N) is 3. The van der Waals surface area contributed by atoms with Crippen LogP contribution in [0, 0.1) is 0 Å². The molecule has 1 aromatic heterocycles. The lowest BCUT2D eigenvalue weighted by Gasteiger charge is -2.09. The number of anilines is 1. The van der Waals surface area contributed by atoms with Crippen molar-refractivity contribution in [3.05, 3.63) is 71.8 Å². The molecule has 2 aromatic carbocycles. The van der Waals surface area contributed by atoms with Crippen molar-refractivity contribution in [1.29, 1.82) is 0 Å². The molecule has 29 heavy (non-hydrogen) atoms. The van der Waals surface area contributed by atoms with Gasteiger partial charge in [0.2, 0.25) is 11.8 Å². The Kier molecular flexibility index (Phi) is 6.69. The molecule has 3 N–H and O–H groups in total. The summed E-state index contributed by atoms with van der Waals surface area (Å²) in [4.78, 5) is 23.4. The number of amides is 2. The maximum atomic E-state index is 12.3. The highest BCUT2D eigenvalue weighted by Crippen LogP contribution is 2.29. The SMILES string of the molecule is C=CCn1c(SCC(=O)Nc2ccc(C(N)=O)cc2)nnc1-c1ccccc1Cl. The number of carbonyl (C=O) groups is 2. The van der Waals surface area contributed by atoms with Crippen LogP contribution in [-0.2, 0) is 11.3 Å². The monoisotopic (exact) mass is 427 g/mol. The van der Waals surface area contributed by atoms with Crippen LogP contribution in [0.2, 0.25) is 5.02 Å². The highest BCUT2D eigenvalue weighted by molar-refractivity contribution is 7.99. The van der Waals surface area contributed by atoms with Gasteiger partial charge in [-0.05, 0) is 36.4 Å². The number of benzene rings is 2. The number of thioether (sulfide) groups is 1. The standard InChI is InChI=1S/C20H18ClN5O2S/c1-2-11-26-19(15-5-3-4-6-16(15)21)24-25-20(26)29-12-17(27)23-14-9-7-13(8-10-14)18(22)28/h2-10H,1,11-12H2,(H2,22,28)(H,23,27). The van der Waals surface area contributed by atoms with Gasteiger partial charge in [-0.15, -0.1) is 16.8 Å². The summed E-state index contributed by atoms with van der Waals surface area (Å²) in [5.41, 5.74) is 6.92. The van der Waals surface area contributed by atoms with Crippen LogP contribution in [0.1, 0.15) is 10.4 Å². The van der Waals surface area contributed by atoms with E-state index in [-0.39, 0.29) is 11.7 Å². The number of halogens is 1. The fourth-order valence-electron chi connectivity index (χ4n) is 2.58.